The molecular weight excluding hydrogens is 362 g/mol. The molecule has 1 fully saturated rings. The Kier molecular flexibility index (Phi) is 4.80. The lowest BCUT2D eigenvalue weighted by Crippen LogP contribution is -2.35. The van der Waals surface area contributed by atoms with Crippen molar-refractivity contribution in [2.45, 2.75) is 31.1 Å². The van der Waals surface area contributed by atoms with Gasteiger partial charge in [-0.25, -0.2) is 8.42 Å². The summed E-state index contributed by atoms with van der Waals surface area (Å²) in [5.41, 5.74) is 2.69. The number of hydrogen-bond donors (Lipinski definition) is 0. The summed E-state index contributed by atoms with van der Waals surface area (Å²) in [4.78, 5) is 4.74. The first-order valence-electron chi connectivity index (χ1n) is 9.05. The molecule has 0 N–H and O–H groups in total. The van der Waals surface area contributed by atoms with Gasteiger partial charge < -0.3 is 4.52 Å². The Labute approximate surface area is 158 Å². The zero-order valence-corrected chi connectivity index (χ0v) is 15.9. The van der Waals surface area contributed by atoms with E-state index in [0.717, 1.165) is 36.0 Å². The lowest BCUT2D eigenvalue weighted by molar-refractivity contribution is 0.346. The third-order valence-electron chi connectivity index (χ3n) is 4.76. The topological polar surface area (TPSA) is 76.3 Å². The third kappa shape index (κ3) is 3.65. The maximum Gasteiger partial charge on any atom is 0.258 e. The van der Waals surface area contributed by atoms with Gasteiger partial charge in [0.2, 0.25) is 15.8 Å². The summed E-state index contributed by atoms with van der Waals surface area (Å²) < 4.78 is 32.4. The van der Waals surface area contributed by atoms with Gasteiger partial charge in [0.15, 0.2) is 0 Å². The summed E-state index contributed by atoms with van der Waals surface area (Å²) in [5.74, 6) is 0.882. The largest absolute Gasteiger partial charge is 0.334 e. The van der Waals surface area contributed by atoms with Crippen LogP contribution in [0.3, 0.4) is 0 Å². The maximum atomic E-state index is 12.7. The molecule has 1 saturated heterocycles. The molecule has 2 aromatic carbocycles. The summed E-state index contributed by atoms with van der Waals surface area (Å²) in [6.07, 6.45) is 2.93. The quantitative estimate of drug-likeness (QED) is 0.683. The molecule has 0 aliphatic carbocycles. The van der Waals surface area contributed by atoms with Crippen molar-refractivity contribution in [2.24, 2.45) is 0 Å². The van der Waals surface area contributed by atoms with Crippen molar-refractivity contribution in [3.63, 3.8) is 0 Å². The predicted octanol–water partition coefficient (Wildman–Crippen LogP) is 3.89. The molecule has 0 radical (unpaired) electrons. The summed E-state index contributed by atoms with van der Waals surface area (Å²) in [6.45, 7) is 3.19. The zero-order chi connectivity index (χ0) is 18.9. The molecule has 1 aliphatic rings. The highest BCUT2D eigenvalue weighted by Crippen LogP contribution is 2.25. The Morgan fingerprint density at radius 1 is 0.963 bits per heavy atom. The van der Waals surface area contributed by atoms with E-state index in [1.165, 1.54) is 0 Å². The SMILES string of the molecule is Cc1cccc(-c2nc(-c3ccc(S(=O)(=O)N4CCCCC4)cc3)no2)c1. The van der Waals surface area contributed by atoms with Gasteiger partial charge in [0, 0.05) is 24.2 Å². The van der Waals surface area contributed by atoms with Crippen LogP contribution in [0.25, 0.3) is 22.8 Å². The predicted molar refractivity (Wildman–Crippen MR) is 103 cm³/mol. The molecule has 3 aromatic rings. The van der Waals surface area contributed by atoms with E-state index >= 15 is 0 Å². The van der Waals surface area contributed by atoms with Gasteiger partial charge in [-0.1, -0.05) is 29.3 Å². The normalized spacial score (nSPS) is 15.7. The van der Waals surface area contributed by atoms with Gasteiger partial charge in [-0.3, -0.25) is 0 Å². The molecule has 4 rings (SSSR count). The number of sulfonamides is 1. The minimum atomic E-state index is -3.43. The first-order valence-corrected chi connectivity index (χ1v) is 10.5. The second kappa shape index (κ2) is 7.25. The highest BCUT2D eigenvalue weighted by Gasteiger charge is 2.25. The standard InChI is InChI=1S/C20H21N3O3S/c1-15-6-5-7-17(14-15)20-21-19(22-26-20)16-8-10-18(11-9-16)27(24,25)23-12-3-2-4-13-23/h5-11,14H,2-4,12-13H2,1H3. The molecule has 0 unspecified atom stereocenters. The lowest BCUT2D eigenvalue weighted by Gasteiger charge is -2.25. The minimum Gasteiger partial charge on any atom is -0.334 e. The van der Waals surface area contributed by atoms with Gasteiger partial charge in [0.05, 0.1) is 4.90 Å². The van der Waals surface area contributed by atoms with E-state index < -0.39 is 10.0 Å². The van der Waals surface area contributed by atoms with Crippen LogP contribution in [0.4, 0.5) is 0 Å². The highest BCUT2D eigenvalue weighted by molar-refractivity contribution is 7.89. The van der Waals surface area contributed by atoms with Gasteiger partial charge in [0.25, 0.3) is 5.89 Å². The highest BCUT2D eigenvalue weighted by atomic mass is 32.2. The number of nitrogens with zero attached hydrogens (tertiary/aromatic N) is 3. The second-order valence-corrected chi connectivity index (χ2v) is 8.72. The maximum absolute atomic E-state index is 12.7. The molecule has 0 amide bonds. The van der Waals surface area contributed by atoms with Crippen LogP contribution in [-0.2, 0) is 10.0 Å². The first kappa shape index (κ1) is 17.9. The molecule has 27 heavy (non-hydrogen) atoms. The molecular formula is C20H21N3O3S. The van der Waals surface area contributed by atoms with E-state index in [0.29, 0.717) is 29.7 Å². The minimum absolute atomic E-state index is 0.301. The molecule has 1 aromatic heterocycles. The van der Waals surface area contributed by atoms with Crippen molar-refractivity contribution in [1.29, 1.82) is 0 Å². The molecule has 0 spiro atoms. The molecule has 6 nitrogen and oxygen atoms in total. The zero-order valence-electron chi connectivity index (χ0n) is 15.1. The molecule has 140 valence electrons. The van der Waals surface area contributed by atoms with Crippen LogP contribution in [0.2, 0.25) is 0 Å². The monoisotopic (exact) mass is 383 g/mol. The Morgan fingerprint density at radius 2 is 1.70 bits per heavy atom. The number of aryl methyl sites for hydroxylation is 1. The smallest absolute Gasteiger partial charge is 0.258 e. The number of benzene rings is 2. The number of rotatable bonds is 4. The Morgan fingerprint density at radius 3 is 2.41 bits per heavy atom. The van der Waals surface area contributed by atoms with Crippen molar-refractivity contribution >= 4 is 10.0 Å². The van der Waals surface area contributed by atoms with Crippen LogP contribution >= 0.6 is 0 Å². The lowest BCUT2D eigenvalue weighted by atomic mass is 10.1. The molecule has 0 bridgehead atoms. The van der Waals surface area contributed by atoms with E-state index in [1.54, 1.807) is 28.6 Å². The number of aromatic nitrogens is 2. The second-order valence-electron chi connectivity index (χ2n) is 6.78. The van der Waals surface area contributed by atoms with Crippen LogP contribution in [0.1, 0.15) is 24.8 Å². The van der Waals surface area contributed by atoms with Crippen LogP contribution in [0.15, 0.2) is 57.9 Å². The van der Waals surface area contributed by atoms with E-state index in [1.807, 2.05) is 31.2 Å². The average molecular weight is 383 g/mol. The van der Waals surface area contributed by atoms with Crippen molar-refractivity contribution in [2.75, 3.05) is 13.1 Å². The van der Waals surface area contributed by atoms with Crippen molar-refractivity contribution in [3.8, 4) is 22.8 Å². The summed E-state index contributed by atoms with van der Waals surface area (Å²) in [5, 5.41) is 4.03. The van der Waals surface area contributed by atoms with Gasteiger partial charge in [-0.2, -0.15) is 9.29 Å². The summed E-state index contributed by atoms with van der Waals surface area (Å²) in [7, 11) is -3.43. The third-order valence-corrected chi connectivity index (χ3v) is 6.67. The van der Waals surface area contributed by atoms with E-state index in [-0.39, 0.29) is 0 Å². The summed E-state index contributed by atoms with van der Waals surface area (Å²) in [6, 6.07) is 14.5. The van der Waals surface area contributed by atoms with E-state index in [9.17, 15) is 8.42 Å². The van der Waals surface area contributed by atoms with Crippen molar-refractivity contribution in [1.82, 2.24) is 14.4 Å². The van der Waals surface area contributed by atoms with Gasteiger partial charge >= 0.3 is 0 Å². The van der Waals surface area contributed by atoms with Crippen molar-refractivity contribution in [3.05, 3.63) is 54.1 Å². The fraction of sp³-hybridized carbons (Fsp3) is 0.300. The van der Waals surface area contributed by atoms with E-state index in [2.05, 4.69) is 10.1 Å². The average Bonchev–Trinajstić information content (AvgIpc) is 3.19. The molecule has 0 atom stereocenters. The molecule has 2 heterocycles. The fourth-order valence-corrected chi connectivity index (χ4v) is 4.78. The Bertz CT molecular complexity index is 1040. The van der Waals surface area contributed by atoms with Crippen LogP contribution in [0, 0.1) is 6.92 Å². The van der Waals surface area contributed by atoms with Crippen LogP contribution in [-0.4, -0.2) is 36.0 Å². The fourth-order valence-electron chi connectivity index (χ4n) is 3.27. The van der Waals surface area contributed by atoms with Gasteiger partial charge in [0.1, 0.15) is 0 Å². The first-order chi connectivity index (χ1) is 13.0. The summed E-state index contributed by atoms with van der Waals surface area (Å²) >= 11 is 0. The van der Waals surface area contributed by atoms with E-state index in [4.69, 9.17) is 4.52 Å². The number of hydrogen-bond acceptors (Lipinski definition) is 5. The molecule has 7 heteroatoms. The van der Waals surface area contributed by atoms with Crippen LogP contribution in [0.5, 0.6) is 0 Å². The van der Waals surface area contributed by atoms with Crippen molar-refractivity contribution < 1.29 is 12.9 Å². The number of piperidine rings is 1. The van der Waals surface area contributed by atoms with Gasteiger partial charge in [-0.15, -0.1) is 0 Å². The molecule has 0 saturated carbocycles. The van der Waals surface area contributed by atoms with Gasteiger partial charge in [-0.05, 0) is 56.2 Å². The van der Waals surface area contributed by atoms with Crippen LogP contribution < -0.4 is 0 Å². The molecule has 1 aliphatic heterocycles. The Hall–Kier alpha value is -2.51. The Balaban J connectivity index is 1.58.